The van der Waals surface area contributed by atoms with E-state index < -0.39 is 0 Å². The molecule has 0 spiro atoms. The van der Waals surface area contributed by atoms with Crippen molar-refractivity contribution in [2.75, 3.05) is 0 Å². The average molecular weight is 306 g/mol. The molecule has 0 heterocycles. The summed E-state index contributed by atoms with van der Waals surface area (Å²) in [6.07, 6.45) is 0. The Kier molecular flexibility index (Phi) is 3.97. The summed E-state index contributed by atoms with van der Waals surface area (Å²) in [5.74, 6) is -0.255. The molecule has 0 unspecified atom stereocenters. The molecule has 0 aromatic heterocycles. The summed E-state index contributed by atoms with van der Waals surface area (Å²) in [6, 6.07) is 12.0. The lowest BCUT2D eigenvalue weighted by atomic mass is 10.0. The smallest absolute Gasteiger partial charge is 0.123 e. The van der Waals surface area contributed by atoms with Gasteiger partial charge in [0, 0.05) is 9.38 Å². The first-order valence-electron chi connectivity index (χ1n) is 5.26. The zero-order valence-corrected chi connectivity index (χ0v) is 10.9. The first-order chi connectivity index (χ1) is 8.70. The van der Waals surface area contributed by atoms with Crippen LogP contribution >= 0.6 is 15.9 Å². The molecule has 0 bridgehead atoms. The summed E-state index contributed by atoms with van der Waals surface area (Å²) in [6.45, 7) is 0.318. The molecule has 90 valence electrons. The van der Waals surface area contributed by atoms with Crippen molar-refractivity contribution in [3.8, 4) is 11.1 Å². The van der Waals surface area contributed by atoms with Gasteiger partial charge in [-0.2, -0.15) is 0 Å². The van der Waals surface area contributed by atoms with E-state index >= 15 is 0 Å². The number of hydrogen-bond acceptors (Lipinski definition) is 1. The summed E-state index contributed by atoms with van der Waals surface area (Å²) < 4.78 is 13.7. The minimum absolute atomic E-state index is 0.255. The predicted molar refractivity (Wildman–Crippen MR) is 72.4 cm³/mol. The molecule has 5 heteroatoms. The van der Waals surface area contributed by atoms with Gasteiger partial charge in [-0.05, 0) is 40.4 Å². The Bertz CT molecular complexity index is 604. The van der Waals surface area contributed by atoms with E-state index in [1.807, 2.05) is 18.2 Å². The molecule has 0 amide bonds. The van der Waals surface area contributed by atoms with Crippen LogP contribution in [0, 0.1) is 5.82 Å². The summed E-state index contributed by atoms with van der Waals surface area (Å²) >= 11 is 3.47. The van der Waals surface area contributed by atoms with Crippen molar-refractivity contribution in [2.45, 2.75) is 6.54 Å². The summed E-state index contributed by atoms with van der Waals surface area (Å²) in [7, 11) is 0. The first kappa shape index (κ1) is 12.6. The molecule has 0 aliphatic carbocycles. The second kappa shape index (κ2) is 5.67. The number of rotatable bonds is 3. The van der Waals surface area contributed by atoms with E-state index in [1.165, 1.54) is 12.1 Å². The third-order valence-corrected chi connectivity index (χ3v) is 3.16. The standard InChI is InChI=1S/C13H9BrFN3/c14-13-7-9(8-17-18-16)1-6-12(13)10-2-4-11(15)5-3-10/h1-7H,8H2. The van der Waals surface area contributed by atoms with Gasteiger partial charge in [-0.25, -0.2) is 4.39 Å². The fourth-order valence-corrected chi connectivity index (χ4v) is 2.29. The molecule has 0 aliphatic heterocycles. The van der Waals surface area contributed by atoms with Gasteiger partial charge in [0.05, 0.1) is 6.54 Å². The van der Waals surface area contributed by atoms with Crippen LogP contribution in [0.15, 0.2) is 52.1 Å². The molecular weight excluding hydrogens is 297 g/mol. The lowest BCUT2D eigenvalue weighted by Crippen LogP contribution is -1.85. The Hall–Kier alpha value is -1.84. The van der Waals surface area contributed by atoms with Crippen LogP contribution in [0.4, 0.5) is 4.39 Å². The van der Waals surface area contributed by atoms with Crippen LogP contribution < -0.4 is 0 Å². The zero-order valence-electron chi connectivity index (χ0n) is 9.35. The monoisotopic (exact) mass is 305 g/mol. The molecule has 2 rings (SSSR count). The van der Waals surface area contributed by atoms with Crippen LogP contribution in [-0.2, 0) is 6.54 Å². The topological polar surface area (TPSA) is 48.8 Å². The van der Waals surface area contributed by atoms with Gasteiger partial charge < -0.3 is 0 Å². The van der Waals surface area contributed by atoms with Crippen molar-refractivity contribution < 1.29 is 4.39 Å². The molecule has 2 aromatic rings. The predicted octanol–water partition coefficient (Wildman–Crippen LogP) is 5.07. The van der Waals surface area contributed by atoms with Crippen molar-refractivity contribution in [1.82, 2.24) is 0 Å². The molecule has 0 aliphatic rings. The molecule has 0 N–H and O–H groups in total. The Morgan fingerprint density at radius 3 is 2.50 bits per heavy atom. The summed E-state index contributed by atoms with van der Waals surface area (Å²) in [4.78, 5) is 2.72. The fraction of sp³-hybridized carbons (Fsp3) is 0.0769. The van der Waals surface area contributed by atoms with Gasteiger partial charge in [0.1, 0.15) is 5.82 Å². The van der Waals surface area contributed by atoms with Gasteiger partial charge in [-0.3, -0.25) is 0 Å². The van der Waals surface area contributed by atoms with E-state index in [4.69, 9.17) is 5.53 Å². The summed E-state index contributed by atoms with van der Waals surface area (Å²) in [5, 5.41) is 3.51. The second-order valence-electron chi connectivity index (χ2n) is 3.71. The maximum absolute atomic E-state index is 12.8. The van der Waals surface area contributed by atoms with E-state index in [0.29, 0.717) is 6.54 Å². The highest BCUT2D eigenvalue weighted by Gasteiger charge is 2.04. The first-order valence-corrected chi connectivity index (χ1v) is 6.05. The van der Waals surface area contributed by atoms with Crippen LogP contribution in [0.3, 0.4) is 0 Å². The van der Waals surface area contributed by atoms with E-state index in [1.54, 1.807) is 12.1 Å². The number of azide groups is 1. The van der Waals surface area contributed by atoms with Gasteiger partial charge in [0.25, 0.3) is 0 Å². The molecule has 0 fully saturated rings. The highest BCUT2D eigenvalue weighted by Crippen LogP contribution is 2.29. The Morgan fingerprint density at radius 2 is 1.89 bits per heavy atom. The van der Waals surface area contributed by atoms with E-state index in [0.717, 1.165) is 21.2 Å². The molecular formula is C13H9BrFN3. The summed E-state index contributed by atoms with van der Waals surface area (Å²) in [5.41, 5.74) is 11.1. The Morgan fingerprint density at radius 1 is 1.17 bits per heavy atom. The molecule has 18 heavy (non-hydrogen) atoms. The van der Waals surface area contributed by atoms with Crippen molar-refractivity contribution >= 4 is 15.9 Å². The van der Waals surface area contributed by atoms with Gasteiger partial charge in [0.15, 0.2) is 0 Å². The van der Waals surface area contributed by atoms with Crippen molar-refractivity contribution in [3.05, 3.63) is 68.8 Å². The number of benzene rings is 2. The number of halogens is 2. The average Bonchev–Trinajstić information content (AvgIpc) is 2.38. The lowest BCUT2D eigenvalue weighted by Gasteiger charge is -2.06. The normalized spacial score (nSPS) is 9.89. The minimum Gasteiger partial charge on any atom is -0.207 e. The third-order valence-electron chi connectivity index (χ3n) is 2.51. The number of nitrogens with zero attached hydrogens (tertiary/aromatic N) is 3. The highest BCUT2D eigenvalue weighted by molar-refractivity contribution is 9.10. The van der Waals surface area contributed by atoms with E-state index in [9.17, 15) is 4.39 Å². The highest BCUT2D eigenvalue weighted by atomic mass is 79.9. The van der Waals surface area contributed by atoms with Gasteiger partial charge in [-0.1, -0.05) is 45.3 Å². The molecule has 3 nitrogen and oxygen atoms in total. The zero-order chi connectivity index (χ0) is 13.0. The molecule has 0 saturated heterocycles. The molecule has 0 saturated carbocycles. The third kappa shape index (κ3) is 2.88. The molecule has 0 radical (unpaired) electrons. The quantitative estimate of drug-likeness (QED) is 0.432. The van der Waals surface area contributed by atoms with Gasteiger partial charge in [-0.15, -0.1) is 0 Å². The van der Waals surface area contributed by atoms with Crippen LogP contribution in [0.2, 0.25) is 0 Å². The molecule has 2 aromatic carbocycles. The second-order valence-corrected chi connectivity index (χ2v) is 4.56. The van der Waals surface area contributed by atoms with Crippen molar-refractivity contribution in [1.29, 1.82) is 0 Å². The SMILES string of the molecule is [N-]=[N+]=NCc1ccc(-c2ccc(F)cc2)c(Br)c1. The largest absolute Gasteiger partial charge is 0.207 e. The van der Waals surface area contributed by atoms with Crippen LogP contribution in [0.1, 0.15) is 5.56 Å². The Balaban J connectivity index is 2.35. The van der Waals surface area contributed by atoms with Crippen LogP contribution in [0.25, 0.3) is 21.6 Å². The van der Waals surface area contributed by atoms with Crippen LogP contribution in [0.5, 0.6) is 0 Å². The number of hydrogen-bond donors (Lipinski definition) is 0. The van der Waals surface area contributed by atoms with Crippen molar-refractivity contribution in [2.24, 2.45) is 5.11 Å². The maximum Gasteiger partial charge on any atom is 0.123 e. The molecule has 0 atom stereocenters. The van der Waals surface area contributed by atoms with Gasteiger partial charge >= 0.3 is 0 Å². The van der Waals surface area contributed by atoms with E-state index in [-0.39, 0.29) is 5.82 Å². The van der Waals surface area contributed by atoms with Crippen LogP contribution in [-0.4, -0.2) is 0 Å². The lowest BCUT2D eigenvalue weighted by molar-refractivity contribution is 0.628. The van der Waals surface area contributed by atoms with Crippen molar-refractivity contribution in [3.63, 3.8) is 0 Å². The van der Waals surface area contributed by atoms with Gasteiger partial charge in [0.2, 0.25) is 0 Å². The fourth-order valence-electron chi connectivity index (χ4n) is 1.63. The Labute approximate surface area is 112 Å². The maximum atomic E-state index is 12.8. The van der Waals surface area contributed by atoms with E-state index in [2.05, 4.69) is 26.0 Å². The minimum atomic E-state index is -0.255.